The van der Waals surface area contributed by atoms with Crippen molar-refractivity contribution in [2.75, 3.05) is 6.61 Å². The van der Waals surface area contributed by atoms with E-state index >= 15 is 0 Å². The number of ether oxygens (including phenoxy) is 2. The molecule has 4 aromatic carbocycles. The zero-order valence-corrected chi connectivity index (χ0v) is 32.0. The molecule has 52 heavy (non-hydrogen) atoms. The molecule has 1 aromatic heterocycles. The number of benzene rings is 4. The highest BCUT2D eigenvalue weighted by atomic mass is 32.2. The summed E-state index contributed by atoms with van der Waals surface area (Å²) in [6.45, 7) is 10.8. The van der Waals surface area contributed by atoms with E-state index < -0.39 is 48.4 Å². The summed E-state index contributed by atoms with van der Waals surface area (Å²) in [5, 5.41) is 10.4. The molecule has 1 saturated heterocycles. The third-order valence-corrected chi connectivity index (χ3v) is 16.3. The molecular formula is C42H45N3O5SSi. The van der Waals surface area contributed by atoms with Gasteiger partial charge in [0.15, 0.2) is 14.5 Å². The second-order valence-corrected chi connectivity index (χ2v) is 20.8. The van der Waals surface area contributed by atoms with Crippen molar-refractivity contribution in [3.63, 3.8) is 0 Å². The molecule has 5 aromatic rings. The number of nitriles is 1. The first kappa shape index (κ1) is 37.3. The predicted molar refractivity (Wildman–Crippen MR) is 208 cm³/mol. The Bertz CT molecular complexity index is 2000. The standard InChI is InChI=1S/C42H45N3O5SSi/c1-40(2,3)52(4,5)50-37-38(45-29-26-36(46)44-39(45)47)49-35(41(37,27-28-43)51-34-24-16-9-17-25-34)30-48-42(31-18-10-6-11-19-31,32-20-12-7-13-21-32)33-22-14-8-15-23-33/h6-26,29,35,37-38H,27,30H2,1-5H3,(H,44,46,47)/t35-,37+,38-,41?/m0/s1. The van der Waals surface area contributed by atoms with Gasteiger partial charge in [0.25, 0.3) is 5.56 Å². The van der Waals surface area contributed by atoms with E-state index in [1.807, 2.05) is 84.9 Å². The zero-order chi connectivity index (χ0) is 37.0. The highest BCUT2D eigenvalue weighted by Crippen LogP contribution is 2.55. The largest absolute Gasteiger partial charge is 0.408 e. The molecule has 1 aliphatic rings. The Kier molecular flexibility index (Phi) is 10.9. The number of nitrogens with zero attached hydrogens (tertiary/aromatic N) is 2. The van der Waals surface area contributed by atoms with Crippen LogP contribution < -0.4 is 11.2 Å². The fourth-order valence-electron chi connectivity index (χ4n) is 6.63. The molecule has 2 heterocycles. The van der Waals surface area contributed by atoms with Gasteiger partial charge in [0.05, 0.1) is 23.8 Å². The quantitative estimate of drug-likeness (QED) is 0.102. The van der Waals surface area contributed by atoms with Crippen LogP contribution in [0.25, 0.3) is 0 Å². The van der Waals surface area contributed by atoms with E-state index in [0.29, 0.717) is 0 Å². The first-order valence-electron chi connectivity index (χ1n) is 17.5. The average molecular weight is 732 g/mol. The van der Waals surface area contributed by atoms with Crippen molar-refractivity contribution in [1.82, 2.24) is 9.55 Å². The summed E-state index contributed by atoms with van der Waals surface area (Å²) in [6, 6.07) is 43.9. The lowest BCUT2D eigenvalue weighted by Crippen LogP contribution is -2.55. The Balaban J connectivity index is 1.56. The molecule has 0 saturated carbocycles. The molecule has 4 atom stereocenters. The lowest BCUT2D eigenvalue weighted by molar-refractivity contribution is -0.0882. The number of rotatable bonds is 12. The molecule has 6 rings (SSSR count). The van der Waals surface area contributed by atoms with E-state index in [9.17, 15) is 14.9 Å². The van der Waals surface area contributed by atoms with Gasteiger partial charge in [-0.05, 0) is 47.0 Å². The number of aromatic amines is 1. The van der Waals surface area contributed by atoms with Crippen LogP contribution in [0.5, 0.6) is 0 Å². The van der Waals surface area contributed by atoms with Gasteiger partial charge < -0.3 is 13.9 Å². The van der Waals surface area contributed by atoms with Gasteiger partial charge in [-0.2, -0.15) is 5.26 Å². The fraction of sp³-hybridized carbons (Fsp3) is 0.310. The van der Waals surface area contributed by atoms with Crippen LogP contribution >= 0.6 is 11.8 Å². The lowest BCUT2D eigenvalue weighted by atomic mass is 9.80. The van der Waals surface area contributed by atoms with Crippen molar-refractivity contribution >= 4 is 20.1 Å². The highest BCUT2D eigenvalue weighted by molar-refractivity contribution is 8.00. The summed E-state index contributed by atoms with van der Waals surface area (Å²) in [6.07, 6.45) is -1.04. The van der Waals surface area contributed by atoms with Crippen molar-refractivity contribution in [3.8, 4) is 6.07 Å². The number of thioether (sulfide) groups is 1. The minimum atomic E-state index is -2.59. The van der Waals surface area contributed by atoms with E-state index in [2.05, 4.69) is 81.3 Å². The van der Waals surface area contributed by atoms with Gasteiger partial charge in [-0.3, -0.25) is 14.3 Å². The third kappa shape index (κ3) is 7.25. The molecule has 8 nitrogen and oxygen atoms in total. The van der Waals surface area contributed by atoms with Crippen molar-refractivity contribution in [2.45, 2.75) is 79.0 Å². The number of hydrogen-bond acceptors (Lipinski definition) is 7. The molecule has 0 radical (unpaired) electrons. The van der Waals surface area contributed by atoms with Crippen LogP contribution in [0.1, 0.15) is 50.1 Å². The maximum Gasteiger partial charge on any atom is 0.330 e. The highest BCUT2D eigenvalue weighted by Gasteiger charge is 2.61. The Morgan fingerprint density at radius 1 is 0.827 bits per heavy atom. The van der Waals surface area contributed by atoms with Crippen LogP contribution in [-0.2, 0) is 19.5 Å². The number of H-pyrrole nitrogens is 1. The second-order valence-electron chi connectivity index (χ2n) is 14.6. The maximum atomic E-state index is 13.5. The van der Waals surface area contributed by atoms with Gasteiger partial charge in [-0.1, -0.05) is 130 Å². The Morgan fingerprint density at radius 3 is 1.79 bits per heavy atom. The van der Waals surface area contributed by atoms with Crippen LogP contribution in [0.3, 0.4) is 0 Å². The van der Waals surface area contributed by atoms with Gasteiger partial charge in [0, 0.05) is 17.2 Å². The molecule has 268 valence electrons. The van der Waals surface area contributed by atoms with Crippen LogP contribution in [-0.4, -0.2) is 41.4 Å². The minimum absolute atomic E-state index is 0.0312. The van der Waals surface area contributed by atoms with Crippen molar-refractivity contribution in [3.05, 3.63) is 171 Å². The van der Waals surface area contributed by atoms with Gasteiger partial charge in [0.2, 0.25) is 0 Å². The first-order valence-corrected chi connectivity index (χ1v) is 21.2. The topological polar surface area (TPSA) is 106 Å². The van der Waals surface area contributed by atoms with E-state index in [1.165, 1.54) is 28.6 Å². The number of hydrogen-bond donors (Lipinski definition) is 1. The predicted octanol–water partition coefficient (Wildman–Crippen LogP) is 8.28. The molecule has 1 fully saturated rings. The van der Waals surface area contributed by atoms with Crippen molar-refractivity contribution < 1.29 is 13.9 Å². The molecule has 0 amide bonds. The molecule has 0 aliphatic carbocycles. The van der Waals surface area contributed by atoms with E-state index in [4.69, 9.17) is 13.9 Å². The molecule has 1 unspecified atom stereocenters. The van der Waals surface area contributed by atoms with Crippen LogP contribution in [0.15, 0.2) is 148 Å². The van der Waals surface area contributed by atoms with E-state index in [0.717, 1.165) is 21.6 Å². The normalized spacial score (nSPS) is 20.7. The van der Waals surface area contributed by atoms with Gasteiger partial charge in [-0.25, -0.2) is 4.79 Å². The van der Waals surface area contributed by atoms with Crippen molar-refractivity contribution in [1.29, 1.82) is 5.26 Å². The molecular weight excluding hydrogens is 687 g/mol. The number of nitrogens with one attached hydrogen (secondary N) is 1. The molecule has 1 aliphatic heterocycles. The monoisotopic (exact) mass is 731 g/mol. The van der Waals surface area contributed by atoms with Gasteiger partial charge in [0.1, 0.15) is 17.8 Å². The minimum Gasteiger partial charge on any atom is -0.408 e. The SMILES string of the molecule is CC(C)(C)[Si](C)(C)O[C@@H]1[C@@H](n2ccc(=O)[nH]c2=O)O[C@@H](COC(c2ccccc2)(c2ccccc2)c2ccccc2)C1(CC#N)Sc1ccccc1. The fourth-order valence-corrected chi connectivity index (χ4v) is 9.43. The summed E-state index contributed by atoms with van der Waals surface area (Å²) < 4.78 is 22.0. The second kappa shape index (κ2) is 15.2. The van der Waals surface area contributed by atoms with Crippen LogP contribution in [0, 0.1) is 11.3 Å². The Morgan fingerprint density at radius 2 is 1.33 bits per heavy atom. The van der Waals surface area contributed by atoms with Crippen molar-refractivity contribution in [2.24, 2.45) is 0 Å². The molecule has 0 bridgehead atoms. The summed E-state index contributed by atoms with van der Waals surface area (Å²) in [4.78, 5) is 29.1. The summed E-state index contributed by atoms with van der Waals surface area (Å²) in [5.74, 6) is 0. The Hall–Kier alpha value is -4.50. The van der Waals surface area contributed by atoms with Gasteiger partial charge >= 0.3 is 5.69 Å². The van der Waals surface area contributed by atoms with E-state index in [1.54, 1.807) is 0 Å². The maximum absolute atomic E-state index is 13.5. The smallest absolute Gasteiger partial charge is 0.330 e. The van der Waals surface area contributed by atoms with E-state index in [-0.39, 0.29) is 18.1 Å². The summed E-state index contributed by atoms with van der Waals surface area (Å²) in [5.41, 5.74) is 0.580. The first-order chi connectivity index (χ1) is 24.9. The van der Waals surface area contributed by atoms with Crippen LogP contribution in [0.2, 0.25) is 18.1 Å². The lowest BCUT2D eigenvalue weighted by Gasteiger charge is -2.45. The van der Waals surface area contributed by atoms with Crippen LogP contribution in [0.4, 0.5) is 0 Å². The molecule has 0 spiro atoms. The zero-order valence-electron chi connectivity index (χ0n) is 30.2. The van der Waals surface area contributed by atoms with Gasteiger partial charge in [-0.15, -0.1) is 11.8 Å². The third-order valence-electron chi connectivity index (χ3n) is 10.3. The molecule has 1 N–H and O–H groups in total. The summed E-state index contributed by atoms with van der Waals surface area (Å²) >= 11 is 1.52. The number of aromatic nitrogens is 2. The average Bonchev–Trinajstić information content (AvgIpc) is 3.41. The Labute approximate surface area is 310 Å². The molecule has 10 heteroatoms. The summed E-state index contributed by atoms with van der Waals surface area (Å²) in [7, 11) is -2.59.